The first kappa shape index (κ1) is 9.83. The van der Waals surface area contributed by atoms with Gasteiger partial charge in [-0.15, -0.1) is 0 Å². The maximum atomic E-state index is 2.44. The first-order chi connectivity index (χ1) is 5.93. The number of allylic oxidation sites excluding steroid dienone is 2. The summed E-state index contributed by atoms with van der Waals surface area (Å²) >= 11 is 0. The fourth-order valence-corrected chi connectivity index (χ4v) is 1.87. The molecule has 1 atom stereocenters. The van der Waals surface area contributed by atoms with Gasteiger partial charge in [-0.1, -0.05) is 31.9 Å². The van der Waals surface area contributed by atoms with Gasteiger partial charge in [0.2, 0.25) is 0 Å². The van der Waals surface area contributed by atoms with Gasteiger partial charge < -0.3 is 0 Å². The Morgan fingerprint density at radius 3 is 2.92 bits per heavy atom. The van der Waals surface area contributed by atoms with Gasteiger partial charge in [-0.05, 0) is 44.4 Å². The molecule has 0 heteroatoms. The third-order valence-electron chi connectivity index (χ3n) is 2.68. The lowest BCUT2D eigenvalue weighted by Gasteiger charge is -2.16. The zero-order chi connectivity index (χ0) is 8.65. The molecule has 0 saturated heterocycles. The van der Waals surface area contributed by atoms with Gasteiger partial charge in [-0.3, -0.25) is 0 Å². The molecule has 0 aromatic rings. The minimum atomic E-state index is 0.981. The van der Waals surface area contributed by atoms with Crippen molar-refractivity contribution in [2.75, 3.05) is 0 Å². The number of hydrogen-bond acceptors (Lipinski definition) is 0. The summed E-state index contributed by atoms with van der Waals surface area (Å²) in [5.41, 5.74) is 0. The normalized spacial score (nSPS) is 24.9. The van der Waals surface area contributed by atoms with Crippen LogP contribution < -0.4 is 0 Å². The highest BCUT2D eigenvalue weighted by atomic mass is 14.1. The monoisotopic (exact) mass is 165 g/mol. The summed E-state index contributed by atoms with van der Waals surface area (Å²) in [5.74, 6) is 0.981. The average Bonchev–Trinajstić information content (AvgIpc) is 2.02. The highest BCUT2D eigenvalue weighted by Crippen LogP contribution is 2.23. The fourth-order valence-electron chi connectivity index (χ4n) is 1.87. The smallest absolute Gasteiger partial charge is 0.0348 e. The average molecular weight is 165 g/mol. The lowest BCUT2D eigenvalue weighted by Crippen LogP contribution is -2.01. The summed E-state index contributed by atoms with van der Waals surface area (Å²) in [7, 11) is 0. The second-order valence-corrected chi connectivity index (χ2v) is 3.78. The lowest BCUT2D eigenvalue weighted by molar-refractivity contribution is 0.426. The van der Waals surface area contributed by atoms with Gasteiger partial charge in [0, 0.05) is 0 Å². The molecule has 0 spiro atoms. The molecule has 0 aromatic heterocycles. The molecule has 1 radical (unpaired) electrons. The Morgan fingerprint density at radius 2 is 2.08 bits per heavy atom. The summed E-state index contributed by atoms with van der Waals surface area (Å²) in [6.07, 6.45) is 16.6. The van der Waals surface area contributed by atoms with Crippen molar-refractivity contribution < 1.29 is 0 Å². The molecule has 0 aromatic carbocycles. The second-order valence-electron chi connectivity index (χ2n) is 3.78. The zero-order valence-electron chi connectivity index (χ0n) is 8.26. The first-order valence-electron chi connectivity index (χ1n) is 5.40. The molecule has 0 fully saturated rings. The Balaban J connectivity index is 2.18. The third-order valence-corrected chi connectivity index (χ3v) is 2.68. The molecule has 1 unspecified atom stereocenters. The summed E-state index contributed by atoms with van der Waals surface area (Å²) in [6, 6.07) is 0. The highest BCUT2D eigenvalue weighted by molar-refractivity contribution is 4.85. The fraction of sp³-hybridized carbons (Fsp3) is 0.750. The maximum absolute atomic E-state index is 2.44. The van der Waals surface area contributed by atoms with Crippen LogP contribution in [0.1, 0.15) is 51.9 Å². The van der Waals surface area contributed by atoms with Crippen LogP contribution in [0.3, 0.4) is 0 Å². The molecular weight excluding hydrogens is 144 g/mol. The van der Waals surface area contributed by atoms with Crippen molar-refractivity contribution in [1.82, 2.24) is 0 Å². The number of unbranched alkanes of at least 4 members (excludes halogenated alkanes) is 1. The third kappa shape index (κ3) is 3.94. The maximum Gasteiger partial charge on any atom is -0.0348 e. The first-order valence-corrected chi connectivity index (χ1v) is 5.40. The van der Waals surface area contributed by atoms with E-state index in [2.05, 4.69) is 25.5 Å². The Labute approximate surface area is 77.1 Å². The summed E-state index contributed by atoms with van der Waals surface area (Å²) < 4.78 is 0. The minimum absolute atomic E-state index is 0.981. The van der Waals surface area contributed by atoms with E-state index in [4.69, 9.17) is 0 Å². The molecule has 0 aliphatic heterocycles. The molecule has 1 rings (SSSR count). The Bertz CT molecular complexity index is 124. The summed E-state index contributed by atoms with van der Waals surface area (Å²) in [6.45, 7) is 2.24. The predicted molar refractivity (Wildman–Crippen MR) is 54.9 cm³/mol. The summed E-state index contributed by atoms with van der Waals surface area (Å²) in [5, 5.41) is 0. The van der Waals surface area contributed by atoms with Crippen LogP contribution in [0.2, 0.25) is 0 Å². The van der Waals surface area contributed by atoms with Crippen LogP contribution in [-0.4, -0.2) is 0 Å². The highest BCUT2D eigenvalue weighted by Gasteiger charge is 2.07. The summed E-state index contributed by atoms with van der Waals surface area (Å²) in [4.78, 5) is 0. The van der Waals surface area contributed by atoms with E-state index in [1.54, 1.807) is 0 Å². The van der Waals surface area contributed by atoms with Crippen molar-refractivity contribution in [3.63, 3.8) is 0 Å². The van der Waals surface area contributed by atoms with Gasteiger partial charge >= 0.3 is 0 Å². The van der Waals surface area contributed by atoms with Gasteiger partial charge in [0.05, 0.1) is 0 Å². The molecular formula is C12H21. The molecule has 12 heavy (non-hydrogen) atoms. The second kappa shape index (κ2) is 6.28. The van der Waals surface area contributed by atoms with E-state index in [1.807, 2.05) is 0 Å². The Hall–Kier alpha value is -0.260. The van der Waals surface area contributed by atoms with Crippen molar-refractivity contribution in [2.45, 2.75) is 51.9 Å². The van der Waals surface area contributed by atoms with E-state index in [9.17, 15) is 0 Å². The molecule has 69 valence electrons. The molecule has 0 nitrogen and oxygen atoms in total. The van der Waals surface area contributed by atoms with Crippen molar-refractivity contribution in [3.05, 3.63) is 18.6 Å². The van der Waals surface area contributed by atoms with E-state index in [0.29, 0.717) is 0 Å². The van der Waals surface area contributed by atoms with Crippen LogP contribution in [0.4, 0.5) is 0 Å². The predicted octanol–water partition coefficient (Wildman–Crippen LogP) is 4.13. The van der Waals surface area contributed by atoms with Crippen molar-refractivity contribution in [1.29, 1.82) is 0 Å². The largest absolute Gasteiger partial charge is 0.0885 e. The molecule has 0 amide bonds. The van der Waals surface area contributed by atoms with Crippen LogP contribution >= 0.6 is 0 Å². The van der Waals surface area contributed by atoms with Gasteiger partial charge in [0.15, 0.2) is 0 Å². The quantitative estimate of drug-likeness (QED) is 0.552. The Kier molecular flexibility index (Phi) is 5.14. The molecule has 0 bridgehead atoms. The van der Waals surface area contributed by atoms with E-state index >= 15 is 0 Å². The van der Waals surface area contributed by atoms with Crippen molar-refractivity contribution in [2.24, 2.45) is 5.92 Å². The molecule has 1 aliphatic rings. The van der Waals surface area contributed by atoms with Crippen LogP contribution in [0.25, 0.3) is 0 Å². The Morgan fingerprint density at radius 1 is 1.25 bits per heavy atom. The zero-order valence-corrected chi connectivity index (χ0v) is 8.26. The van der Waals surface area contributed by atoms with Gasteiger partial charge in [0.25, 0.3) is 0 Å². The number of rotatable bonds is 3. The molecule has 0 saturated carbocycles. The standard InChI is InChI=1S/C12H21/c1-2-3-9-12-10-7-5-4-6-8-11-12/h3-5,12H,2,6-11H2,1H3. The van der Waals surface area contributed by atoms with Gasteiger partial charge in [-0.2, -0.15) is 0 Å². The van der Waals surface area contributed by atoms with Crippen LogP contribution in [0.15, 0.2) is 12.2 Å². The van der Waals surface area contributed by atoms with Crippen LogP contribution in [0, 0.1) is 12.3 Å². The van der Waals surface area contributed by atoms with Crippen molar-refractivity contribution >= 4 is 0 Å². The van der Waals surface area contributed by atoms with Crippen LogP contribution in [0.5, 0.6) is 0 Å². The van der Waals surface area contributed by atoms with Crippen molar-refractivity contribution in [3.8, 4) is 0 Å². The number of hydrogen-bond donors (Lipinski definition) is 0. The molecule has 0 N–H and O–H groups in total. The lowest BCUT2D eigenvalue weighted by atomic mass is 9.90. The molecule has 1 aliphatic carbocycles. The van der Waals surface area contributed by atoms with E-state index in [-0.39, 0.29) is 0 Å². The van der Waals surface area contributed by atoms with Gasteiger partial charge in [-0.25, -0.2) is 0 Å². The van der Waals surface area contributed by atoms with E-state index in [1.165, 1.54) is 44.9 Å². The topological polar surface area (TPSA) is 0 Å². The minimum Gasteiger partial charge on any atom is -0.0885 e. The van der Waals surface area contributed by atoms with Gasteiger partial charge in [0.1, 0.15) is 0 Å². The SMILES string of the molecule is CC[CH]CC1CCC=CCCC1. The molecule has 0 heterocycles. The van der Waals surface area contributed by atoms with E-state index in [0.717, 1.165) is 5.92 Å². The van der Waals surface area contributed by atoms with E-state index < -0.39 is 0 Å². The van der Waals surface area contributed by atoms with Crippen LogP contribution in [-0.2, 0) is 0 Å².